The Morgan fingerprint density at radius 1 is 1.14 bits per heavy atom. The molecular weight excluding hydrogens is 367 g/mol. The number of nitrogens with zero attached hydrogens (tertiary/aromatic N) is 1. The average Bonchev–Trinajstić information content (AvgIpc) is 2.72. The van der Waals surface area contributed by atoms with Crippen LogP contribution in [-0.4, -0.2) is 17.5 Å². The Kier molecular flexibility index (Phi) is 6.95. The molecule has 3 rings (SSSR count). The van der Waals surface area contributed by atoms with Crippen molar-refractivity contribution in [2.24, 2.45) is 0 Å². The second-order valence-electron chi connectivity index (χ2n) is 6.83. The molecule has 1 heterocycles. The molecule has 0 aliphatic rings. The number of ether oxygens (including phenoxy) is 1. The predicted octanol–water partition coefficient (Wildman–Crippen LogP) is 6.06. The number of benzene rings is 2. The van der Waals surface area contributed by atoms with Gasteiger partial charge in [-0.3, -0.25) is 9.78 Å². The molecule has 0 radical (unpaired) electrons. The summed E-state index contributed by atoms with van der Waals surface area (Å²) in [4.78, 5) is 17.0. The molecule has 0 saturated heterocycles. The third kappa shape index (κ3) is 5.41. The van der Waals surface area contributed by atoms with E-state index < -0.39 is 5.82 Å². The van der Waals surface area contributed by atoms with Crippen LogP contribution in [0.4, 0.5) is 10.1 Å². The standard InChI is InChI=1S/C24H25FN2O2/c1-3-4-5-6-7-15-29-22-10-8-9-21(23(22)25)27-24(28)19-13-14-20-18(16-19)12-11-17(2)26-20/h5-6,8-14,16H,3-4,7,15H2,1-2H3,(H,27,28). The quantitative estimate of drug-likeness (QED) is 0.374. The van der Waals surface area contributed by atoms with Crippen LogP contribution in [0.2, 0.25) is 0 Å². The van der Waals surface area contributed by atoms with Crippen LogP contribution >= 0.6 is 0 Å². The Bertz CT molecular complexity index is 1030. The van der Waals surface area contributed by atoms with Crippen molar-refractivity contribution >= 4 is 22.5 Å². The molecule has 1 N–H and O–H groups in total. The summed E-state index contributed by atoms with van der Waals surface area (Å²) in [6.45, 7) is 4.41. The van der Waals surface area contributed by atoms with Crippen molar-refractivity contribution < 1.29 is 13.9 Å². The molecule has 0 fully saturated rings. The summed E-state index contributed by atoms with van der Waals surface area (Å²) in [5.74, 6) is -0.827. The smallest absolute Gasteiger partial charge is 0.255 e. The van der Waals surface area contributed by atoms with E-state index in [2.05, 4.69) is 23.3 Å². The SMILES string of the molecule is CCCC=CCCOc1cccc(NC(=O)c2ccc3nc(C)ccc3c2)c1F. The largest absolute Gasteiger partial charge is 0.490 e. The van der Waals surface area contributed by atoms with Gasteiger partial charge in [-0.2, -0.15) is 0 Å². The van der Waals surface area contributed by atoms with Gasteiger partial charge in [-0.1, -0.05) is 37.6 Å². The highest BCUT2D eigenvalue weighted by molar-refractivity contribution is 6.06. The highest BCUT2D eigenvalue weighted by Crippen LogP contribution is 2.25. The Morgan fingerprint density at radius 3 is 2.79 bits per heavy atom. The minimum Gasteiger partial charge on any atom is -0.490 e. The molecule has 3 aromatic rings. The van der Waals surface area contributed by atoms with E-state index in [4.69, 9.17) is 4.74 Å². The summed E-state index contributed by atoms with van der Waals surface area (Å²) < 4.78 is 20.2. The number of nitrogens with one attached hydrogen (secondary N) is 1. The highest BCUT2D eigenvalue weighted by atomic mass is 19.1. The second kappa shape index (κ2) is 9.82. The molecule has 0 bridgehead atoms. The van der Waals surface area contributed by atoms with Gasteiger partial charge in [0.2, 0.25) is 0 Å². The number of unbranched alkanes of at least 4 members (excludes halogenated alkanes) is 1. The van der Waals surface area contributed by atoms with Crippen LogP contribution in [0.15, 0.2) is 60.7 Å². The molecule has 1 amide bonds. The fourth-order valence-corrected chi connectivity index (χ4v) is 2.92. The predicted molar refractivity (Wildman–Crippen MR) is 115 cm³/mol. The molecule has 0 aliphatic heterocycles. The van der Waals surface area contributed by atoms with Crippen molar-refractivity contribution in [3.63, 3.8) is 0 Å². The first-order valence-electron chi connectivity index (χ1n) is 9.83. The summed E-state index contributed by atoms with van der Waals surface area (Å²) in [7, 11) is 0. The maximum Gasteiger partial charge on any atom is 0.255 e. The third-order valence-electron chi connectivity index (χ3n) is 4.47. The fraction of sp³-hybridized carbons (Fsp3) is 0.250. The van der Waals surface area contributed by atoms with Crippen molar-refractivity contribution in [1.29, 1.82) is 0 Å². The van der Waals surface area contributed by atoms with Gasteiger partial charge in [0.05, 0.1) is 17.8 Å². The zero-order chi connectivity index (χ0) is 20.6. The second-order valence-corrected chi connectivity index (χ2v) is 6.83. The topological polar surface area (TPSA) is 51.2 Å². The molecule has 0 saturated carbocycles. The van der Waals surface area contributed by atoms with Gasteiger partial charge in [0, 0.05) is 16.6 Å². The van der Waals surface area contributed by atoms with Crippen LogP contribution in [0.25, 0.3) is 10.9 Å². The number of anilines is 1. The molecule has 4 nitrogen and oxygen atoms in total. The molecule has 0 spiro atoms. The number of hydrogen-bond acceptors (Lipinski definition) is 3. The molecule has 0 aliphatic carbocycles. The van der Waals surface area contributed by atoms with E-state index in [0.29, 0.717) is 18.6 Å². The third-order valence-corrected chi connectivity index (χ3v) is 4.47. The van der Waals surface area contributed by atoms with Gasteiger partial charge in [-0.15, -0.1) is 0 Å². The number of allylic oxidation sites excluding steroid dienone is 1. The lowest BCUT2D eigenvalue weighted by Crippen LogP contribution is -2.13. The van der Waals surface area contributed by atoms with Crippen LogP contribution < -0.4 is 10.1 Å². The fourth-order valence-electron chi connectivity index (χ4n) is 2.92. The van der Waals surface area contributed by atoms with Gasteiger partial charge < -0.3 is 10.1 Å². The lowest BCUT2D eigenvalue weighted by molar-refractivity contribution is 0.102. The monoisotopic (exact) mass is 392 g/mol. The number of aromatic nitrogens is 1. The van der Waals surface area contributed by atoms with E-state index in [-0.39, 0.29) is 17.3 Å². The van der Waals surface area contributed by atoms with Gasteiger partial charge in [0.1, 0.15) is 0 Å². The van der Waals surface area contributed by atoms with Crippen molar-refractivity contribution in [3.8, 4) is 5.75 Å². The molecule has 0 atom stereocenters. The molecule has 150 valence electrons. The average molecular weight is 392 g/mol. The summed E-state index contributed by atoms with van der Waals surface area (Å²) >= 11 is 0. The van der Waals surface area contributed by atoms with Crippen LogP contribution in [-0.2, 0) is 0 Å². The first-order valence-corrected chi connectivity index (χ1v) is 9.83. The van der Waals surface area contributed by atoms with E-state index in [1.54, 1.807) is 30.3 Å². The normalized spacial score (nSPS) is 11.1. The summed E-state index contributed by atoms with van der Waals surface area (Å²) in [6.07, 6.45) is 6.96. The number of halogens is 1. The van der Waals surface area contributed by atoms with E-state index in [1.807, 2.05) is 25.1 Å². The van der Waals surface area contributed by atoms with Crippen molar-refractivity contribution in [3.05, 3.63) is 77.8 Å². The highest BCUT2D eigenvalue weighted by Gasteiger charge is 2.13. The van der Waals surface area contributed by atoms with Crippen molar-refractivity contribution in [1.82, 2.24) is 4.98 Å². The lowest BCUT2D eigenvalue weighted by atomic mass is 10.1. The maximum absolute atomic E-state index is 14.7. The van der Waals surface area contributed by atoms with Crippen LogP contribution in [0.1, 0.15) is 42.2 Å². The molecule has 5 heteroatoms. The minimum atomic E-state index is -0.573. The molecule has 29 heavy (non-hydrogen) atoms. The Hall–Kier alpha value is -3.21. The van der Waals surface area contributed by atoms with Gasteiger partial charge >= 0.3 is 0 Å². The summed E-state index contributed by atoms with van der Waals surface area (Å²) in [5, 5.41) is 3.49. The Balaban J connectivity index is 1.68. The van der Waals surface area contributed by atoms with E-state index in [0.717, 1.165) is 29.4 Å². The summed E-state index contributed by atoms with van der Waals surface area (Å²) in [5.41, 5.74) is 2.26. The maximum atomic E-state index is 14.7. The van der Waals surface area contributed by atoms with Crippen LogP contribution in [0.3, 0.4) is 0 Å². The van der Waals surface area contributed by atoms with E-state index in [9.17, 15) is 9.18 Å². The summed E-state index contributed by atoms with van der Waals surface area (Å²) in [6, 6.07) is 13.8. The first-order chi connectivity index (χ1) is 14.1. The number of carbonyl (C=O) groups is 1. The van der Waals surface area contributed by atoms with Crippen LogP contribution in [0.5, 0.6) is 5.75 Å². The van der Waals surface area contributed by atoms with Crippen molar-refractivity contribution in [2.75, 3.05) is 11.9 Å². The zero-order valence-electron chi connectivity index (χ0n) is 16.7. The number of fused-ring (bicyclic) bond motifs is 1. The van der Waals surface area contributed by atoms with E-state index in [1.165, 1.54) is 6.07 Å². The van der Waals surface area contributed by atoms with E-state index >= 15 is 0 Å². The Morgan fingerprint density at radius 2 is 1.97 bits per heavy atom. The number of hydrogen-bond donors (Lipinski definition) is 1. The Labute approximate surface area is 170 Å². The van der Waals surface area contributed by atoms with Crippen LogP contribution in [0, 0.1) is 12.7 Å². The van der Waals surface area contributed by atoms with Gasteiger partial charge in [0.15, 0.2) is 11.6 Å². The number of carbonyl (C=O) groups excluding carboxylic acids is 1. The van der Waals surface area contributed by atoms with Gasteiger partial charge in [-0.25, -0.2) is 4.39 Å². The van der Waals surface area contributed by atoms with Gasteiger partial charge in [-0.05, 0) is 56.2 Å². The molecule has 2 aromatic carbocycles. The number of amides is 1. The number of rotatable bonds is 8. The zero-order valence-corrected chi connectivity index (χ0v) is 16.7. The molecular formula is C24H25FN2O2. The number of aryl methyl sites for hydroxylation is 1. The minimum absolute atomic E-state index is 0.0937. The lowest BCUT2D eigenvalue weighted by Gasteiger charge is -2.11. The number of pyridine rings is 1. The molecule has 1 aromatic heterocycles. The van der Waals surface area contributed by atoms with Gasteiger partial charge in [0.25, 0.3) is 5.91 Å². The van der Waals surface area contributed by atoms with Crippen molar-refractivity contribution in [2.45, 2.75) is 33.1 Å². The first kappa shape index (κ1) is 20.5. The molecule has 0 unspecified atom stereocenters.